The summed E-state index contributed by atoms with van der Waals surface area (Å²) >= 11 is 0. The second-order valence-electron chi connectivity index (χ2n) is 9.59. The van der Waals surface area contributed by atoms with E-state index in [1.165, 1.54) is 0 Å². The van der Waals surface area contributed by atoms with Crippen LogP contribution in [0, 0.1) is 18.3 Å². The van der Waals surface area contributed by atoms with Crippen LogP contribution in [0.3, 0.4) is 0 Å². The van der Waals surface area contributed by atoms with Crippen LogP contribution in [0.4, 0.5) is 4.79 Å². The minimum Gasteiger partial charge on any atom is -0.444 e. The maximum absolute atomic E-state index is 12.7. The van der Waals surface area contributed by atoms with Gasteiger partial charge in [-0.2, -0.15) is 8.42 Å². The third-order valence-corrected chi connectivity index (χ3v) is 6.08. The molecule has 1 saturated heterocycles. The third kappa shape index (κ3) is 5.70. The highest BCUT2D eigenvalue weighted by Crippen LogP contribution is 2.38. The first-order chi connectivity index (χ1) is 12.7. The lowest BCUT2D eigenvalue weighted by molar-refractivity contribution is 0.00559. The van der Waals surface area contributed by atoms with Crippen molar-refractivity contribution in [1.82, 2.24) is 4.90 Å². The van der Waals surface area contributed by atoms with Gasteiger partial charge in [-0.3, -0.25) is 4.18 Å². The molecule has 1 aliphatic rings. The maximum atomic E-state index is 12.7. The van der Waals surface area contributed by atoms with Crippen LogP contribution in [-0.2, 0) is 19.0 Å². The van der Waals surface area contributed by atoms with E-state index in [0.29, 0.717) is 13.0 Å². The molecule has 1 aliphatic heterocycles. The van der Waals surface area contributed by atoms with Crippen LogP contribution in [-0.4, -0.2) is 44.2 Å². The van der Waals surface area contributed by atoms with E-state index in [1.54, 1.807) is 29.2 Å². The average molecular weight is 412 g/mol. The molecule has 2 atom stereocenters. The van der Waals surface area contributed by atoms with E-state index in [2.05, 4.69) is 0 Å². The molecule has 2 rings (SSSR count). The third-order valence-electron chi connectivity index (χ3n) is 4.79. The van der Waals surface area contributed by atoms with Crippen molar-refractivity contribution in [1.29, 1.82) is 0 Å². The molecule has 158 valence electrons. The van der Waals surface area contributed by atoms with Crippen molar-refractivity contribution < 1.29 is 22.1 Å². The van der Waals surface area contributed by atoms with E-state index in [-0.39, 0.29) is 35.0 Å². The Hall–Kier alpha value is -1.60. The quantitative estimate of drug-likeness (QED) is 0.688. The first-order valence-electron chi connectivity index (χ1n) is 9.66. The minimum absolute atomic E-state index is 0.0391. The smallest absolute Gasteiger partial charge is 0.410 e. The van der Waals surface area contributed by atoms with E-state index in [0.717, 1.165) is 5.56 Å². The molecule has 0 aliphatic carbocycles. The fourth-order valence-electron chi connectivity index (χ4n) is 3.68. The average Bonchev–Trinajstić information content (AvgIpc) is 2.96. The summed E-state index contributed by atoms with van der Waals surface area (Å²) in [6, 6.07) is 6.42. The monoisotopic (exact) mass is 411 g/mol. The van der Waals surface area contributed by atoms with E-state index >= 15 is 0 Å². The van der Waals surface area contributed by atoms with Crippen LogP contribution in [0.15, 0.2) is 29.2 Å². The SMILES string of the molecule is Cc1ccc(S(=O)(=O)OCC2CCN(C(=O)OC(C)(C)C)[C@@H]2C(C)(C)C)cc1. The van der Waals surface area contributed by atoms with Crippen molar-refractivity contribution in [2.75, 3.05) is 13.2 Å². The minimum atomic E-state index is -3.83. The molecule has 1 heterocycles. The molecular formula is C21H33NO5S. The van der Waals surface area contributed by atoms with Crippen molar-refractivity contribution in [3.63, 3.8) is 0 Å². The first-order valence-corrected chi connectivity index (χ1v) is 11.1. The molecule has 0 radical (unpaired) electrons. The van der Waals surface area contributed by atoms with Crippen LogP contribution in [0.2, 0.25) is 0 Å². The molecule has 1 fully saturated rings. The Bertz CT molecular complexity index is 788. The number of carbonyl (C=O) groups excluding carboxylic acids is 1. The summed E-state index contributed by atoms with van der Waals surface area (Å²) in [7, 11) is -3.83. The van der Waals surface area contributed by atoms with Gasteiger partial charge < -0.3 is 9.64 Å². The van der Waals surface area contributed by atoms with Gasteiger partial charge in [-0.05, 0) is 51.7 Å². The number of ether oxygens (including phenoxy) is 1. The van der Waals surface area contributed by atoms with Gasteiger partial charge in [-0.1, -0.05) is 38.5 Å². The molecule has 1 aromatic rings. The molecule has 0 aromatic heterocycles. The van der Waals surface area contributed by atoms with Crippen molar-refractivity contribution in [2.45, 2.75) is 71.4 Å². The van der Waals surface area contributed by atoms with E-state index in [4.69, 9.17) is 8.92 Å². The number of amides is 1. The highest BCUT2D eigenvalue weighted by Gasteiger charge is 2.45. The van der Waals surface area contributed by atoms with E-state index in [1.807, 2.05) is 48.5 Å². The molecule has 0 spiro atoms. The van der Waals surface area contributed by atoms with Crippen molar-refractivity contribution in [3.8, 4) is 0 Å². The normalized spacial score (nSPS) is 21.0. The fraction of sp³-hybridized carbons (Fsp3) is 0.667. The van der Waals surface area contributed by atoms with Crippen molar-refractivity contribution >= 4 is 16.2 Å². The number of rotatable bonds is 4. The molecule has 0 N–H and O–H groups in total. The van der Waals surface area contributed by atoms with Crippen LogP contribution < -0.4 is 0 Å². The molecule has 7 heteroatoms. The highest BCUT2D eigenvalue weighted by atomic mass is 32.2. The van der Waals surface area contributed by atoms with Crippen LogP contribution in [0.5, 0.6) is 0 Å². The van der Waals surface area contributed by atoms with Gasteiger partial charge in [-0.15, -0.1) is 0 Å². The summed E-state index contributed by atoms with van der Waals surface area (Å²) in [5.74, 6) is -0.0901. The summed E-state index contributed by atoms with van der Waals surface area (Å²) in [5, 5.41) is 0. The van der Waals surface area contributed by atoms with Gasteiger partial charge in [0.1, 0.15) is 5.60 Å². The molecular weight excluding hydrogens is 378 g/mol. The predicted octanol–water partition coefficient (Wildman–Crippen LogP) is 4.37. The zero-order valence-corrected chi connectivity index (χ0v) is 18.8. The van der Waals surface area contributed by atoms with Crippen LogP contribution in [0.1, 0.15) is 53.5 Å². The van der Waals surface area contributed by atoms with Gasteiger partial charge in [0.2, 0.25) is 0 Å². The second-order valence-corrected chi connectivity index (χ2v) is 11.2. The second kappa shape index (κ2) is 8.03. The Labute approximate surface area is 169 Å². The van der Waals surface area contributed by atoms with Gasteiger partial charge in [0, 0.05) is 18.5 Å². The Morgan fingerprint density at radius 2 is 1.68 bits per heavy atom. The highest BCUT2D eigenvalue weighted by molar-refractivity contribution is 7.86. The Kier molecular flexibility index (Phi) is 6.50. The molecule has 0 bridgehead atoms. The van der Waals surface area contributed by atoms with Gasteiger partial charge >= 0.3 is 6.09 Å². The molecule has 1 aromatic carbocycles. The number of hydrogen-bond donors (Lipinski definition) is 0. The molecule has 28 heavy (non-hydrogen) atoms. The lowest BCUT2D eigenvalue weighted by atomic mass is 9.80. The molecule has 1 unspecified atom stereocenters. The summed E-state index contributed by atoms with van der Waals surface area (Å²) < 4.78 is 36.0. The van der Waals surface area contributed by atoms with Gasteiger partial charge in [-0.25, -0.2) is 4.79 Å². The lowest BCUT2D eigenvalue weighted by Crippen LogP contribution is -2.48. The number of hydrogen-bond acceptors (Lipinski definition) is 5. The van der Waals surface area contributed by atoms with E-state index < -0.39 is 15.7 Å². The summed E-state index contributed by atoms with van der Waals surface area (Å²) in [5.41, 5.74) is 0.160. The zero-order chi connectivity index (χ0) is 21.3. The van der Waals surface area contributed by atoms with E-state index in [9.17, 15) is 13.2 Å². The number of nitrogens with zero attached hydrogens (tertiary/aromatic N) is 1. The lowest BCUT2D eigenvalue weighted by Gasteiger charge is -2.38. The number of carbonyl (C=O) groups is 1. The molecule has 0 saturated carbocycles. The topological polar surface area (TPSA) is 72.9 Å². The summed E-state index contributed by atoms with van der Waals surface area (Å²) in [6.45, 7) is 14.1. The maximum Gasteiger partial charge on any atom is 0.410 e. The number of aryl methyl sites for hydroxylation is 1. The Morgan fingerprint density at radius 3 is 2.18 bits per heavy atom. The predicted molar refractivity (Wildman–Crippen MR) is 109 cm³/mol. The van der Waals surface area contributed by atoms with Crippen molar-refractivity contribution in [3.05, 3.63) is 29.8 Å². The molecule has 1 amide bonds. The van der Waals surface area contributed by atoms with Crippen molar-refractivity contribution in [2.24, 2.45) is 11.3 Å². The van der Waals surface area contributed by atoms with Crippen LogP contribution in [0.25, 0.3) is 0 Å². The number of benzene rings is 1. The standard InChI is InChI=1S/C21H33NO5S/c1-15-8-10-17(11-9-15)28(24,25)26-14-16-12-13-22(18(16)20(2,3)4)19(23)27-21(5,6)7/h8-11,16,18H,12-14H2,1-7H3/t16?,18-/m0/s1. The fourth-order valence-corrected chi connectivity index (χ4v) is 4.64. The summed E-state index contributed by atoms with van der Waals surface area (Å²) in [6.07, 6.45) is 0.307. The van der Waals surface area contributed by atoms with Gasteiger partial charge in [0.05, 0.1) is 11.5 Å². The Morgan fingerprint density at radius 1 is 1.11 bits per heavy atom. The molecule has 6 nitrogen and oxygen atoms in total. The van der Waals surface area contributed by atoms with Crippen LogP contribution >= 0.6 is 0 Å². The Balaban J connectivity index is 2.14. The zero-order valence-electron chi connectivity index (χ0n) is 18.0. The summed E-state index contributed by atoms with van der Waals surface area (Å²) in [4.78, 5) is 14.5. The largest absolute Gasteiger partial charge is 0.444 e. The van der Waals surface area contributed by atoms with Gasteiger partial charge in [0.25, 0.3) is 10.1 Å². The first kappa shape index (κ1) is 22.7. The van der Waals surface area contributed by atoms with Gasteiger partial charge in [0.15, 0.2) is 0 Å². The number of likely N-dealkylation sites (tertiary alicyclic amines) is 1.